The highest BCUT2D eigenvalue weighted by Gasteiger charge is 2.30. The van der Waals surface area contributed by atoms with Crippen molar-refractivity contribution < 1.29 is 0 Å². The summed E-state index contributed by atoms with van der Waals surface area (Å²) in [5.41, 5.74) is 2.69. The Bertz CT molecular complexity index is 810. The predicted molar refractivity (Wildman–Crippen MR) is 102 cm³/mol. The third kappa shape index (κ3) is 3.49. The van der Waals surface area contributed by atoms with Crippen molar-refractivity contribution in [3.05, 3.63) is 35.8 Å². The zero-order valence-corrected chi connectivity index (χ0v) is 15.7. The van der Waals surface area contributed by atoms with Gasteiger partial charge in [0, 0.05) is 37.0 Å². The van der Waals surface area contributed by atoms with Gasteiger partial charge in [0.1, 0.15) is 16.5 Å². The van der Waals surface area contributed by atoms with E-state index in [-0.39, 0.29) is 0 Å². The average molecular weight is 361 g/mol. The van der Waals surface area contributed by atoms with Crippen molar-refractivity contribution in [2.24, 2.45) is 0 Å². The van der Waals surface area contributed by atoms with Crippen LogP contribution in [0.2, 0.25) is 5.15 Å². The first-order valence-electron chi connectivity index (χ1n) is 9.02. The van der Waals surface area contributed by atoms with Crippen LogP contribution in [0.4, 0.5) is 5.69 Å². The summed E-state index contributed by atoms with van der Waals surface area (Å²) in [5, 5.41) is 3.81. The molecule has 134 valence electrons. The molecule has 0 amide bonds. The fourth-order valence-electron chi connectivity index (χ4n) is 3.53. The second-order valence-electron chi connectivity index (χ2n) is 5.99. The predicted octanol–water partition coefficient (Wildman–Crippen LogP) is 4.77. The molecule has 6 nitrogen and oxygen atoms in total. The van der Waals surface area contributed by atoms with Gasteiger partial charge in [-0.25, -0.2) is 15.0 Å². The van der Waals surface area contributed by atoms with Gasteiger partial charge in [-0.05, 0) is 26.2 Å². The van der Waals surface area contributed by atoms with E-state index in [2.05, 4.69) is 36.7 Å². The molecule has 2 atom stereocenters. The van der Waals surface area contributed by atoms with Crippen LogP contribution < -0.4 is 5.32 Å². The third-order valence-electron chi connectivity index (χ3n) is 4.57. The number of imidazole rings is 2. The highest BCUT2D eigenvalue weighted by Crippen LogP contribution is 2.41. The molecule has 7 heteroatoms. The Balaban J connectivity index is 0.000000880. The second kappa shape index (κ2) is 7.87. The highest BCUT2D eigenvalue weighted by molar-refractivity contribution is 6.30. The molecule has 0 aliphatic heterocycles. The number of pyridine rings is 1. The molecule has 1 aliphatic rings. The van der Waals surface area contributed by atoms with E-state index in [4.69, 9.17) is 11.6 Å². The number of aromatic amines is 1. The van der Waals surface area contributed by atoms with Crippen LogP contribution in [0.5, 0.6) is 0 Å². The Morgan fingerprint density at radius 3 is 2.88 bits per heavy atom. The highest BCUT2D eigenvalue weighted by atomic mass is 35.5. The number of anilines is 1. The number of fused-ring (bicyclic) bond motifs is 1. The number of nitrogens with one attached hydrogen (secondary N) is 2. The summed E-state index contributed by atoms with van der Waals surface area (Å²) in [6, 6.07) is 2.22. The maximum absolute atomic E-state index is 6.20. The smallest absolute Gasteiger partial charge is 0.163 e. The summed E-state index contributed by atoms with van der Waals surface area (Å²) in [7, 11) is 0. The molecule has 0 unspecified atom stereocenters. The lowest BCUT2D eigenvalue weighted by molar-refractivity contribution is 0.517. The number of nitrogens with zero attached hydrogens (tertiary/aromatic N) is 4. The lowest BCUT2D eigenvalue weighted by Crippen LogP contribution is -2.06. The number of aromatic nitrogens is 5. The van der Waals surface area contributed by atoms with Crippen molar-refractivity contribution in [3.63, 3.8) is 0 Å². The van der Waals surface area contributed by atoms with E-state index < -0.39 is 0 Å². The van der Waals surface area contributed by atoms with E-state index in [1.54, 1.807) is 0 Å². The summed E-state index contributed by atoms with van der Waals surface area (Å²) < 4.78 is 2.17. The molecular weight excluding hydrogens is 336 g/mol. The molecule has 0 saturated heterocycles. The molecule has 3 heterocycles. The Labute approximate surface area is 153 Å². The zero-order chi connectivity index (χ0) is 17.8. The molecule has 0 radical (unpaired) electrons. The normalized spacial score (nSPS) is 19.7. The van der Waals surface area contributed by atoms with Crippen LogP contribution in [0, 0.1) is 0 Å². The minimum atomic E-state index is 0.385. The lowest BCUT2D eigenvalue weighted by atomic mass is 10.1. The first-order valence-corrected chi connectivity index (χ1v) is 9.40. The summed E-state index contributed by atoms with van der Waals surface area (Å²) in [4.78, 5) is 16.7. The van der Waals surface area contributed by atoms with Crippen LogP contribution in [0.25, 0.3) is 11.2 Å². The minimum Gasteiger partial charge on any atom is -0.383 e. The van der Waals surface area contributed by atoms with E-state index in [1.807, 2.05) is 38.6 Å². The molecule has 4 rings (SSSR count). The summed E-state index contributed by atoms with van der Waals surface area (Å²) >= 11 is 6.20. The lowest BCUT2D eigenvalue weighted by Gasteiger charge is -2.13. The number of halogens is 1. The molecule has 2 N–H and O–H groups in total. The van der Waals surface area contributed by atoms with Gasteiger partial charge < -0.3 is 14.9 Å². The molecule has 3 aromatic heterocycles. The Hall–Kier alpha value is -2.08. The van der Waals surface area contributed by atoms with Crippen molar-refractivity contribution in [2.45, 2.75) is 52.0 Å². The molecule has 0 aromatic carbocycles. The van der Waals surface area contributed by atoms with Gasteiger partial charge in [-0.1, -0.05) is 25.4 Å². The second-order valence-corrected chi connectivity index (χ2v) is 6.37. The van der Waals surface area contributed by atoms with Crippen LogP contribution in [0.3, 0.4) is 0 Å². The summed E-state index contributed by atoms with van der Waals surface area (Å²) in [6.45, 7) is 6.88. The molecule has 3 aromatic rings. The molecule has 1 fully saturated rings. The van der Waals surface area contributed by atoms with Gasteiger partial charge in [0.25, 0.3) is 0 Å². The van der Waals surface area contributed by atoms with Gasteiger partial charge in [0.05, 0.1) is 12.0 Å². The maximum Gasteiger partial charge on any atom is 0.163 e. The monoisotopic (exact) mass is 360 g/mol. The van der Waals surface area contributed by atoms with Gasteiger partial charge in [0.2, 0.25) is 0 Å². The van der Waals surface area contributed by atoms with Gasteiger partial charge in [-0.2, -0.15) is 0 Å². The molecular formula is C18H25ClN6. The van der Waals surface area contributed by atoms with E-state index in [0.29, 0.717) is 17.1 Å². The Kier molecular flexibility index (Phi) is 5.58. The van der Waals surface area contributed by atoms with Crippen molar-refractivity contribution in [3.8, 4) is 0 Å². The number of hydrogen-bond acceptors (Lipinski definition) is 4. The topological polar surface area (TPSA) is 71.4 Å². The first-order chi connectivity index (χ1) is 12.3. The largest absolute Gasteiger partial charge is 0.383 e. The average Bonchev–Trinajstić information content (AvgIpc) is 3.36. The fourth-order valence-corrected chi connectivity index (χ4v) is 3.72. The minimum absolute atomic E-state index is 0.385. The van der Waals surface area contributed by atoms with Crippen LogP contribution in [0.15, 0.2) is 24.8 Å². The van der Waals surface area contributed by atoms with E-state index in [1.165, 1.54) is 0 Å². The molecule has 1 saturated carbocycles. The quantitative estimate of drug-likeness (QED) is 0.657. The van der Waals surface area contributed by atoms with Crippen LogP contribution in [-0.4, -0.2) is 31.0 Å². The van der Waals surface area contributed by atoms with Crippen LogP contribution in [0.1, 0.15) is 57.8 Å². The Morgan fingerprint density at radius 2 is 2.16 bits per heavy atom. The van der Waals surface area contributed by atoms with E-state index in [9.17, 15) is 0 Å². The Morgan fingerprint density at radius 1 is 1.32 bits per heavy atom. The number of H-pyrrole nitrogens is 1. The maximum atomic E-state index is 6.20. The van der Waals surface area contributed by atoms with Crippen molar-refractivity contribution >= 4 is 28.5 Å². The van der Waals surface area contributed by atoms with Gasteiger partial charge in [-0.3, -0.25) is 0 Å². The van der Waals surface area contributed by atoms with Crippen molar-refractivity contribution in [2.75, 3.05) is 11.9 Å². The number of rotatable bonds is 4. The van der Waals surface area contributed by atoms with Crippen molar-refractivity contribution in [1.82, 2.24) is 24.5 Å². The van der Waals surface area contributed by atoms with Crippen LogP contribution >= 0.6 is 11.6 Å². The molecule has 25 heavy (non-hydrogen) atoms. The number of hydrogen-bond donors (Lipinski definition) is 2. The first kappa shape index (κ1) is 17.7. The van der Waals surface area contributed by atoms with Gasteiger partial charge in [0.15, 0.2) is 5.65 Å². The summed E-state index contributed by atoms with van der Waals surface area (Å²) in [6.07, 6.45) is 8.87. The molecule has 1 aliphatic carbocycles. The molecule has 0 spiro atoms. The SMILES string of the molecule is CC.CCNc1cc(Cl)nc2c1ncn2[C@H]1CC[C@@H](c2ncc[nH]2)C1. The molecule has 0 bridgehead atoms. The summed E-state index contributed by atoms with van der Waals surface area (Å²) in [5.74, 6) is 1.55. The van der Waals surface area contributed by atoms with Crippen LogP contribution in [-0.2, 0) is 0 Å². The third-order valence-corrected chi connectivity index (χ3v) is 4.76. The van der Waals surface area contributed by atoms with E-state index in [0.717, 1.165) is 48.5 Å². The zero-order valence-electron chi connectivity index (χ0n) is 15.0. The van der Waals surface area contributed by atoms with E-state index >= 15 is 0 Å². The van der Waals surface area contributed by atoms with Gasteiger partial charge >= 0.3 is 0 Å². The van der Waals surface area contributed by atoms with Crippen molar-refractivity contribution in [1.29, 1.82) is 0 Å². The van der Waals surface area contributed by atoms with Gasteiger partial charge in [-0.15, -0.1) is 0 Å². The standard InChI is InChI=1S/C16H19ClN6.C2H6/c1-2-18-12-8-13(17)22-16-14(12)21-9-23(16)11-4-3-10(7-11)15-19-5-6-20-15;1-2/h5-6,8-11H,2-4,7H2,1H3,(H,18,22)(H,19,20);1-2H3/t10-,11+;/m1./s1. The fraction of sp³-hybridized carbons (Fsp3) is 0.500.